The van der Waals surface area contributed by atoms with Gasteiger partial charge in [0.1, 0.15) is 34.6 Å². The number of halogens is 8. The van der Waals surface area contributed by atoms with Crippen LogP contribution in [-0.4, -0.2) is 0 Å². The summed E-state index contributed by atoms with van der Waals surface area (Å²) in [7, 11) is 0. The summed E-state index contributed by atoms with van der Waals surface area (Å²) >= 11 is 0. The van der Waals surface area contributed by atoms with E-state index in [9.17, 15) is 22.0 Å². The summed E-state index contributed by atoms with van der Waals surface area (Å²) in [5.74, 6) is -7.01. The SMILES string of the molecule is CCCc1ccc(-c2ccc(-c3ccc4c(F)c(-c5cc(F)c(C(F)(F)F)c(F)c5)c(F)cc4c3)c(F)c2)cc1. The van der Waals surface area contributed by atoms with Gasteiger partial charge in [0.25, 0.3) is 0 Å². The lowest BCUT2D eigenvalue weighted by Crippen LogP contribution is -2.11. The van der Waals surface area contributed by atoms with Gasteiger partial charge >= 0.3 is 6.18 Å². The molecule has 0 aromatic heterocycles. The van der Waals surface area contributed by atoms with Crippen LogP contribution in [0.2, 0.25) is 0 Å². The Labute approximate surface area is 224 Å². The van der Waals surface area contributed by atoms with Crippen molar-refractivity contribution in [1.29, 1.82) is 0 Å². The third kappa shape index (κ3) is 5.06. The lowest BCUT2D eigenvalue weighted by atomic mass is 9.94. The van der Waals surface area contributed by atoms with E-state index in [0.717, 1.165) is 24.5 Å². The molecule has 0 spiro atoms. The molecule has 0 fully saturated rings. The fourth-order valence-electron chi connectivity index (χ4n) is 4.83. The molecule has 0 saturated carbocycles. The van der Waals surface area contributed by atoms with E-state index in [1.807, 2.05) is 24.3 Å². The molecule has 0 N–H and O–H groups in total. The van der Waals surface area contributed by atoms with Crippen molar-refractivity contribution in [2.24, 2.45) is 0 Å². The van der Waals surface area contributed by atoms with Crippen LogP contribution in [0.4, 0.5) is 35.1 Å². The summed E-state index contributed by atoms with van der Waals surface area (Å²) in [4.78, 5) is 0. The zero-order valence-corrected chi connectivity index (χ0v) is 20.9. The van der Waals surface area contributed by atoms with Gasteiger partial charge in [-0.2, -0.15) is 13.2 Å². The molecular formula is C32H20F8. The summed E-state index contributed by atoms with van der Waals surface area (Å²) in [5, 5.41) is -0.135. The molecule has 0 saturated heterocycles. The summed E-state index contributed by atoms with van der Waals surface area (Å²) in [6.45, 7) is 2.08. The second-order valence-electron chi connectivity index (χ2n) is 9.44. The van der Waals surface area contributed by atoms with Gasteiger partial charge in [-0.3, -0.25) is 0 Å². The number of alkyl halides is 3. The molecule has 0 heterocycles. The molecule has 0 unspecified atom stereocenters. The first-order chi connectivity index (χ1) is 19.0. The largest absolute Gasteiger partial charge is 0.422 e. The van der Waals surface area contributed by atoms with E-state index in [0.29, 0.717) is 11.1 Å². The number of aryl methyl sites for hydroxylation is 1. The molecule has 5 aromatic rings. The Bertz CT molecular complexity index is 1710. The topological polar surface area (TPSA) is 0 Å². The predicted octanol–water partition coefficient (Wildman–Crippen LogP) is 10.5. The maximum atomic E-state index is 15.4. The van der Waals surface area contributed by atoms with E-state index in [1.165, 1.54) is 29.8 Å². The van der Waals surface area contributed by atoms with Crippen LogP contribution < -0.4 is 0 Å². The zero-order chi connectivity index (χ0) is 28.8. The van der Waals surface area contributed by atoms with Crippen molar-refractivity contribution in [3.8, 4) is 33.4 Å². The van der Waals surface area contributed by atoms with E-state index in [-0.39, 0.29) is 28.5 Å². The van der Waals surface area contributed by atoms with Crippen molar-refractivity contribution < 1.29 is 35.1 Å². The normalized spacial score (nSPS) is 11.8. The fourth-order valence-corrected chi connectivity index (χ4v) is 4.83. The van der Waals surface area contributed by atoms with Crippen LogP contribution in [0.3, 0.4) is 0 Å². The highest BCUT2D eigenvalue weighted by Crippen LogP contribution is 2.39. The van der Waals surface area contributed by atoms with Crippen molar-refractivity contribution in [2.75, 3.05) is 0 Å². The van der Waals surface area contributed by atoms with Crippen LogP contribution in [0, 0.1) is 29.1 Å². The first-order valence-corrected chi connectivity index (χ1v) is 12.4. The molecule has 0 nitrogen and oxygen atoms in total. The van der Waals surface area contributed by atoms with Crippen LogP contribution in [0.15, 0.2) is 78.9 Å². The Morgan fingerprint density at radius 3 is 1.77 bits per heavy atom. The second-order valence-corrected chi connectivity index (χ2v) is 9.44. The van der Waals surface area contributed by atoms with Crippen LogP contribution in [0.1, 0.15) is 24.5 Å². The molecule has 0 radical (unpaired) electrons. The lowest BCUT2D eigenvalue weighted by molar-refractivity contribution is -0.142. The van der Waals surface area contributed by atoms with E-state index < -0.39 is 52.0 Å². The third-order valence-corrected chi connectivity index (χ3v) is 6.75. The maximum absolute atomic E-state index is 15.4. The Morgan fingerprint density at radius 1 is 0.575 bits per heavy atom. The fraction of sp³-hybridized carbons (Fsp3) is 0.125. The molecular weight excluding hydrogens is 536 g/mol. The molecule has 0 aliphatic carbocycles. The van der Waals surface area contributed by atoms with Crippen LogP contribution in [0.25, 0.3) is 44.2 Å². The quantitative estimate of drug-likeness (QED) is 0.189. The lowest BCUT2D eigenvalue weighted by Gasteiger charge is -2.14. The minimum absolute atomic E-state index is 0.0269. The summed E-state index contributed by atoms with van der Waals surface area (Å²) in [5.41, 5.74) is -0.585. The first kappa shape index (κ1) is 27.4. The molecule has 5 aromatic carbocycles. The van der Waals surface area contributed by atoms with Gasteiger partial charge in [0, 0.05) is 10.9 Å². The van der Waals surface area contributed by atoms with Crippen molar-refractivity contribution in [3.63, 3.8) is 0 Å². The smallest absolute Gasteiger partial charge is 0.206 e. The molecule has 0 amide bonds. The first-order valence-electron chi connectivity index (χ1n) is 12.4. The Morgan fingerprint density at radius 2 is 1.18 bits per heavy atom. The van der Waals surface area contributed by atoms with Crippen LogP contribution >= 0.6 is 0 Å². The molecule has 204 valence electrons. The number of rotatable bonds is 5. The standard InChI is InChI=1S/C32H20F8/c1-2-3-17-4-6-18(7-5-17)19-8-10-23(25(33)13-19)20-9-11-24-21(12-20)14-26(34)29(31(24)37)22-15-27(35)30(28(36)16-22)32(38,39)40/h4-16H,2-3H2,1H3. The highest BCUT2D eigenvalue weighted by atomic mass is 19.4. The monoisotopic (exact) mass is 556 g/mol. The van der Waals surface area contributed by atoms with Crippen LogP contribution in [-0.2, 0) is 12.6 Å². The van der Waals surface area contributed by atoms with E-state index in [1.54, 1.807) is 12.1 Å². The van der Waals surface area contributed by atoms with Gasteiger partial charge in [-0.1, -0.05) is 61.9 Å². The molecule has 5 rings (SSSR count). The van der Waals surface area contributed by atoms with Crippen molar-refractivity contribution in [3.05, 3.63) is 119 Å². The van der Waals surface area contributed by atoms with Crippen molar-refractivity contribution >= 4 is 10.8 Å². The van der Waals surface area contributed by atoms with E-state index in [2.05, 4.69) is 6.92 Å². The van der Waals surface area contributed by atoms with Crippen molar-refractivity contribution in [2.45, 2.75) is 25.9 Å². The minimum Gasteiger partial charge on any atom is -0.206 e. The molecule has 0 aliphatic rings. The Kier molecular flexibility index (Phi) is 7.12. The Hall–Kier alpha value is -4.20. The minimum atomic E-state index is -5.32. The molecule has 40 heavy (non-hydrogen) atoms. The maximum Gasteiger partial charge on any atom is 0.422 e. The molecule has 0 aliphatic heterocycles. The van der Waals surface area contributed by atoms with Gasteiger partial charge in [0.05, 0.1) is 5.56 Å². The van der Waals surface area contributed by atoms with E-state index in [4.69, 9.17) is 0 Å². The summed E-state index contributed by atoms with van der Waals surface area (Å²) in [6, 6.07) is 17.8. The Balaban J connectivity index is 1.52. The van der Waals surface area contributed by atoms with Gasteiger partial charge in [-0.05, 0) is 70.0 Å². The third-order valence-electron chi connectivity index (χ3n) is 6.75. The van der Waals surface area contributed by atoms with E-state index >= 15 is 13.2 Å². The van der Waals surface area contributed by atoms with Crippen molar-refractivity contribution in [1.82, 2.24) is 0 Å². The highest BCUT2D eigenvalue weighted by molar-refractivity contribution is 5.92. The van der Waals surface area contributed by atoms with Gasteiger partial charge < -0.3 is 0 Å². The molecule has 0 bridgehead atoms. The molecule has 0 atom stereocenters. The van der Waals surface area contributed by atoms with Gasteiger partial charge in [0.2, 0.25) is 0 Å². The second kappa shape index (κ2) is 10.4. The number of hydrogen-bond acceptors (Lipinski definition) is 0. The number of fused-ring (bicyclic) bond motifs is 1. The van der Waals surface area contributed by atoms with Gasteiger partial charge in [-0.15, -0.1) is 0 Å². The van der Waals surface area contributed by atoms with Gasteiger partial charge in [0.15, 0.2) is 0 Å². The summed E-state index contributed by atoms with van der Waals surface area (Å²) < 4.78 is 112. The van der Waals surface area contributed by atoms with Gasteiger partial charge in [-0.25, -0.2) is 22.0 Å². The predicted molar refractivity (Wildman–Crippen MR) is 139 cm³/mol. The zero-order valence-electron chi connectivity index (χ0n) is 20.9. The number of benzene rings is 5. The highest BCUT2D eigenvalue weighted by Gasteiger charge is 2.38. The molecule has 8 heteroatoms. The number of hydrogen-bond donors (Lipinski definition) is 0. The van der Waals surface area contributed by atoms with Crippen LogP contribution in [0.5, 0.6) is 0 Å². The average Bonchev–Trinajstić information content (AvgIpc) is 2.88. The summed E-state index contributed by atoms with van der Waals surface area (Å²) in [6.07, 6.45) is -3.37. The average molecular weight is 556 g/mol.